The summed E-state index contributed by atoms with van der Waals surface area (Å²) in [6, 6.07) is 16.1. The Morgan fingerprint density at radius 3 is 2.26 bits per heavy atom. The molecule has 1 atom stereocenters. The highest BCUT2D eigenvalue weighted by Crippen LogP contribution is 2.23. The van der Waals surface area contributed by atoms with Crippen LogP contribution in [0.4, 0.5) is 0 Å². The van der Waals surface area contributed by atoms with Gasteiger partial charge in [-0.2, -0.15) is 0 Å². The Bertz CT molecular complexity index is 856. The van der Waals surface area contributed by atoms with E-state index < -0.39 is 6.10 Å². The molecule has 146 valence electrons. The number of aromatic nitrogens is 2. The lowest BCUT2D eigenvalue weighted by atomic mass is 10.0. The van der Waals surface area contributed by atoms with E-state index in [2.05, 4.69) is 44.4 Å². The highest BCUT2D eigenvalue weighted by Gasteiger charge is 2.16. The molecule has 0 saturated carbocycles. The maximum Gasteiger partial charge on any atom is 0.119 e. The van der Waals surface area contributed by atoms with Crippen molar-refractivity contribution < 1.29 is 9.84 Å². The normalized spacial score (nSPS) is 12.4. The van der Waals surface area contributed by atoms with E-state index in [1.54, 1.807) is 0 Å². The number of hydrogen-bond acceptors (Lipinski definition) is 3. The summed E-state index contributed by atoms with van der Waals surface area (Å²) in [5.41, 5.74) is 3.30. The van der Waals surface area contributed by atoms with Crippen molar-refractivity contribution in [1.82, 2.24) is 9.55 Å². The largest absolute Gasteiger partial charge is 0.491 e. The van der Waals surface area contributed by atoms with Gasteiger partial charge >= 0.3 is 0 Å². The zero-order chi connectivity index (χ0) is 18.7. The van der Waals surface area contributed by atoms with Gasteiger partial charge in [0, 0.05) is 5.92 Å². The first-order valence-corrected chi connectivity index (χ1v) is 9.31. The molecule has 27 heavy (non-hydrogen) atoms. The third-order valence-corrected chi connectivity index (χ3v) is 4.58. The molecule has 0 fully saturated rings. The molecular weight excluding hydrogens is 360 g/mol. The summed E-state index contributed by atoms with van der Waals surface area (Å²) in [5.74, 6) is 2.57. The summed E-state index contributed by atoms with van der Waals surface area (Å²) >= 11 is 0. The van der Waals surface area contributed by atoms with Crippen molar-refractivity contribution in [2.45, 2.75) is 52.2 Å². The molecule has 0 aliphatic heterocycles. The number of fused-ring (bicyclic) bond motifs is 1. The topological polar surface area (TPSA) is 47.3 Å². The number of nitrogens with zero attached hydrogens (tertiary/aromatic N) is 2. The fourth-order valence-electron chi connectivity index (χ4n) is 3.13. The van der Waals surface area contributed by atoms with E-state index in [0.717, 1.165) is 22.6 Å². The van der Waals surface area contributed by atoms with Crippen LogP contribution in [0.1, 0.15) is 50.9 Å². The van der Waals surface area contributed by atoms with E-state index in [-0.39, 0.29) is 19.0 Å². The van der Waals surface area contributed by atoms with Crippen LogP contribution in [0.2, 0.25) is 0 Å². The molecular formula is C22H29ClN2O2. The number of ether oxygens (including phenoxy) is 1. The number of aliphatic hydroxyl groups excluding tert-OH is 1. The number of imidazole rings is 1. The number of benzene rings is 2. The summed E-state index contributed by atoms with van der Waals surface area (Å²) in [4.78, 5) is 4.72. The molecule has 0 aliphatic rings. The molecule has 0 amide bonds. The third-order valence-electron chi connectivity index (χ3n) is 4.58. The van der Waals surface area contributed by atoms with E-state index in [4.69, 9.17) is 9.72 Å². The first-order valence-electron chi connectivity index (χ1n) is 9.31. The lowest BCUT2D eigenvalue weighted by Gasteiger charge is -2.17. The van der Waals surface area contributed by atoms with Crippen molar-refractivity contribution in [2.24, 2.45) is 0 Å². The van der Waals surface area contributed by atoms with Crippen molar-refractivity contribution in [3.63, 3.8) is 0 Å². The molecule has 1 aromatic heterocycles. The Balaban J connectivity index is 0.00000261. The van der Waals surface area contributed by atoms with E-state index in [9.17, 15) is 5.11 Å². The summed E-state index contributed by atoms with van der Waals surface area (Å²) < 4.78 is 7.89. The quantitative estimate of drug-likeness (QED) is 0.609. The average molecular weight is 389 g/mol. The molecule has 0 spiro atoms. The molecule has 0 saturated heterocycles. The molecule has 1 unspecified atom stereocenters. The summed E-state index contributed by atoms with van der Waals surface area (Å²) in [5, 5.41) is 10.5. The fraction of sp³-hybridized carbons (Fsp3) is 0.409. The second-order valence-corrected chi connectivity index (χ2v) is 7.41. The maximum atomic E-state index is 10.5. The van der Waals surface area contributed by atoms with Gasteiger partial charge in [-0.15, -0.1) is 12.4 Å². The summed E-state index contributed by atoms with van der Waals surface area (Å²) in [6.45, 7) is 9.31. The van der Waals surface area contributed by atoms with Crippen molar-refractivity contribution in [1.29, 1.82) is 0 Å². The summed E-state index contributed by atoms with van der Waals surface area (Å²) in [7, 11) is 0. The Hall–Kier alpha value is -2.04. The van der Waals surface area contributed by atoms with Gasteiger partial charge in [0.1, 0.15) is 24.3 Å². The number of hydrogen-bond donors (Lipinski definition) is 1. The standard InChI is InChI=1S/C22H28N2O2.ClH/c1-15(2)17-9-11-19(12-10-17)26-14-18(25)13-24-21-8-6-5-7-20(21)23-22(24)16(3)4;/h5-12,15-16,18,25H,13-14H2,1-4H3;1H. The molecule has 0 bridgehead atoms. The van der Waals surface area contributed by atoms with Gasteiger partial charge in [0.15, 0.2) is 0 Å². The van der Waals surface area contributed by atoms with Crippen LogP contribution in [0.15, 0.2) is 48.5 Å². The predicted molar refractivity (Wildman–Crippen MR) is 113 cm³/mol. The second-order valence-electron chi connectivity index (χ2n) is 7.41. The molecule has 2 aromatic carbocycles. The molecule has 0 aliphatic carbocycles. The van der Waals surface area contributed by atoms with Gasteiger partial charge in [0.05, 0.1) is 17.6 Å². The minimum Gasteiger partial charge on any atom is -0.491 e. The van der Waals surface area contributed by atoms with Gasteiger partial charge in [0.2, 0.25) is 0 Å². The van der Waals surface area contributed by atoms with E-state index >= 15 is 0 Å². The molecule has 1 heterocycles. The van der Waals surface area contributed by atoms with Gasteiger partial charge in [-0.25, -0.2) is 4.98 Å². The van der Waals surface area contributed by atoms with Crippen LogP contribution in [-0.2, 0) is 6.54 Å². The number of halogens is 1. The Morgan fingerprint density at radius 1 is 0.963 bits per heavy atom. The number of para-hydroxylation sites is 2. The van der Waals surface area contributed by atoms with Crippen LogP contribution in [0.5, 0.6) is 5.75 Å². The van der Waals surface area contributed by atoms with Gasteiger partial charge in [0.25, 0.3) is 0 Å². The molecule has 1 N–H and O–H groups in total. The van der Waals surface area contributed by atoms with Crippen molar-refractivity contribution in [3.8, 4) is 5.75 Å². The highest BCUT2D eigenvalue weighted by molar-refractivity contribution is 5.85. The average Bonchev–Trinajstić information content (AvgIpc) is 2.99. The van der Waals surface area contributed by atoms with E-state index in [1.807, 2.05) is 36.4 Å². The van der Waals surface area contributed by atoms with Crippen molar-refractivity contribution in [3.05, 3.63) is 59.9 Å². The predicted octanol–water partition coefficient (Wildman–Crippen LogP) is 5.14. The zero-order valence-corrected chi connectivity index (χ0v) is 17.2. The minimum absolute atomic E-state index is 0. The minimum atomic E-state index is -0.602. The Morgan fingerprint density at radius 2 is 1.63 bits per heavy atom. The van der Waals surface area contributed by atoms with Gasteiger partial charge < -0.3 is 14.4 Å². The SMILES string of the molecule is CC(C)c1ccc(OCC(O)Cn2c(C(C)C)nc3ccccc32)cc1.Cl. The molecule has 4 nitrogen and oxygen atoms in total. The lowest BCUT2D eigenvalue weighted by Crippen LogP contribution is -2.24. The van der Waals surface area contributed by atoms with E-state index in [0.29, 0.717) is 18.4 Å². The molecule has 0 radical (unpaired) electrons. The van der Waals surface area contributed by atoms with Crippen LogP contribution >= 0.6 is 12.4 Å². The van der Waals surface area contributed by atoms with Gasteiger partial charge in [-0.05, 0) is 35.7 Å². The maximum absolute atomic E-state index is 10.5. The molecule has 5 heteroatoms. The second kappa shape index (κ2) is 9.25. The molecule has 3 aromatic rings. The fourth-order valence-corrected chi connectivity index (χ4v) is 3.13. The first-order chi connectivity index (χ1) is 12.5. The monoisotopic (exact) mass is 388 g/mol. The number of aliphatic hydroxyl groups is 1. The van der Waals surface area contributed by atoms with Gasteiger partial charge in [-0.1, -0.05) is 52.0 Å². The number of rotatable bonds is 7. The van der Waals surface area contributed by atoms with Crippen molar-refractivity contribution >= 4 is 23.4 Å². The smallest absolute Gasteiger partial charge is 0.119 e. The molecule has 3 rings (SSSR count). The summed E-state index contributed by atoms with van der Waals surface area (Å²) in [6.07, 6.45) is -0.602. The van der Waals surface area contributed by atoms with Crippen LogP contribution < -0.4 is 4.74 Å². The Kier molecular flexibility index (Phi) is 7.28. The van der Waals surface area contributed by atoms with Crippen molar-refractivity contribution in [2.75, 3.05) is 6.61 Å². The van der Waals surface area contributed by atoms with Crippen LogP contribution in [0.3, 0.4) is 0 Å². The van der Waals surface area contributed by atoms with Gasteiger partial charge in [-0.3, -0.25) is 0 Å². The van der Waals surface area contributed by atoms with E-state index in [1.165, 1.54) is 5.56 Å². The van der Waals surface area contributed by atoms with Crippen LogP contribution in [0.25, 0.3) is 11.0 Å². The van der Waals surface area contributed by atoms with Crippen LogP contribution in [0, 0.1) is 0 Å². The Labute approximate surface area is 167 Å². The highest BCUT2D eigenvalue weighted by atomic mass is 35.5. The van der Waals surface area contributed by atoms with Crippen LogP contribution in [-0.4, -0.2) is 27.4 Å². The third kappa shape index (κ3) is 5.02. The lowest BCUT2D eigenvalue weighted by molar-refractivity contribution is 0.0925. The zero-order valence-electron chi connectivity index (χ0n) is 16.4. The first kappa shape index (κ1) is 21.3.